The van der Waals surface area contributed by atoms with Crippen LogP contribution in [0.4, 0.5) is 0 Å². The summed E-state index contributed by atoms with van der Waals surface area (Å²) in [7, 11) is 0. The normalized spacial score (nSPS) is 25.1. The van der Waals surface area contributed by atoms with Crippen molar-refractivity contribution in [2.75, 3.05) is 13.1 Å². The smallest absolute Gasteiger partial charge is 0.240 e. The van der Waals surface area contributed by atoms with Gasteiger partial charge in [0, 0.05) is 0 Å². The first-order valence-electron chi connectivity index (χ1n) is 5.35. The molecule has 2 atom stereocenters. The van der Waals surface area contributed by atoms with Gasteiger partial charge in [0.2, 0.25) is 5.91 Å². The fraction of sp³-hybridized carbons (Fsp3) is 0.545. The third kappa shape index (κ3) is 1.65. The van der Waals surface area contributed by atoms with Gasteiger partial charge in [0.05, 0.1) is 6.26 Å². The highest BCUT2D eigenvalue weighted by Gasteiger charge is 2.44. The van der Waals surface area contributed by atoms with E-state index in [1.54, 1.807) is 6.26 Å². The first-order chi connectivity index (χ1) is 7.27. The van der Waals surface area contributed by atoms with Crippen LogP contribution in [0, 0.1) is 0 Å². The highest BCUT2D eigenvalue weighted by Crippen LogP contribution is 2.28. The molecule has 1 saturated heterocycles. The molecule has 2 heterocycles. The van der Waals surface area contributed by atoms with E-state index >= 15 is 0 Å². The number of rotatable bonds is 4. The van der Waals surface area contributed by atoms with Gasteiger partial charge in [-0.1, -0.05) is 13.8 Å². The van der Waals surface area contributed by atoms with Crippen LogP contribution in [-0.2, 0) is 4.79 Å². The van der Waals surface area contributed by atoms with Gasteiger partial charge in [0.15, 0.2) is 0 Å². The number of hydrogen-bond donors (Lipinski definition) is 1. The summed E-state index contributed by atoms with van der Waals surface area (Å²) >= 11 is 0. The molecule has 1 aliphatic rings. The molecule has 0 bridgehead atoms. The SMILES string of the molecule is CCN(CC)[C@@H]1C(=O)N[C@H]1c1ccco1. The molecule has 4 nitrogen and oxygen atoms in total. The standard InChI is InChI=1S/C11H16N2O2/c1-3-13(4-2)10-9(12-11(10)14)8-6-5-7-15-8/h5-7,9-10H,3-4H2,1-2H3,(H,12,14)/t9-,10-/m0/s1. The maximum absolute atomic E-state index is 11.5. The fourth-order valence-corrected chi connectivity index (χ4v) is 2.06. The molecule has 4 heteroatoms. The van der Waals surface area contributed by atoms with Crippen LogP contribution >= 0.6 is 0 Å². The Morgan fingerprint density at radius 2 is 2.20 bits per heavy atom. The van der Waals surface area contributed by atoms with Gasteiger partial charge in [0.25, 0.3) is 0 Å². The quantitative estimate of drug-likeness (QED) is 0.755. The van der Waals surface area contributed by atoms with E-state index < -0.39 is 0 Å². The molecule has 0 aromatic carbocycles. The van der Waals surface area contributed by atoms with Crippen LogP contribution in [-0.4, -0.2) is 29.9 Å². The summed E-state index contributed by atoms with van der Waals surface area (Å²) in [5.41, 5.74) is 0. The molecule has 0 aliphatic carbocycles. The molecule has 82 valence electrons. The topological polar surface area (TPSA) is 45.5 Å². The summed E-state index contributed by atoms with van der Waals surface area (Å²) < 4.78 is 5.31. The molecule has 0 spiro atoms. The Bertz CT molecular complexity index is 330. The van der Waals surface area contributed by atoms with Crippen molar-refractivity contribution in [1.29, 1.82) is 0 Å². The van der Waals surface area contributed by atoms with Gasteiger partial charge in [-0.2, -0.15) is 0 Å². The van der Waals surface area contributed by atoms with Gasteiger partial charge in [-0.25, -0.2) is 0 Å². The number of amides is 1. The van der Waals surface area contributed by atoms with E-state index in [1.165, 1.54) is 0 Å². The lowest BCUT2D eigenvalue weighted by atomic mass is 9.95. The predicted molar refractivity (Wildman–Crippen MR) is 56.3 cm³/mol. The second-order valence-corrected chi connectivity index (χ2v) is 3.67. The average molecular weight is 208 g/mol. The van der Waals surface area contributed by atoms with Crippen molar-refractivity contribution >= 4 is 5.91 Å². The largest absolute Gasteiger partial charge is 0.467 e. The Labute approximate surface area is 89.2 Å². The minimum atomic E-state index is -0.0638. The molecular weight excluding hydrogens is 192 g/mol. The number of nitrogens with zero attached hydrogens (tertiary/aromatic N) is 1. The lowest BCUT2D eigenvalue weighted by Crippen LogP contribution is -2.63. The molecule has 1 aromatic rings. The van der Waals surface area contributed by atoms with Crippen molar-refractivity contribution in [3.63, 3.8) is 0 Å². The van der Waals surface area contributed by atoms with Crippen LogP contribution in [0.5, 0.6) is 0 Å². The van der Waals surface area contributed by atoms with E-state index in [4.69, 9.17) is 4.42 Å². The second-order valence-electron chi connectivity index (χ2n) is 3.67. The van der Waals surface area contributed by atoms with Crippen LogP contribution in [0.3, 0.4) is 0 Å². The number of hydrogen-bond acceptors (Lipinski definition) is 3. The molecular formula is C11H16N2O2. The Morgan fingerprint density at radius 1 is 1.47 bits per heavy atom. The first kappa shape index (κ1) is 10.2. The minimum Gasteiger partial charge on any atom is -0.467 e. The zero-order valence-corrected chi connectivity index (χ0v) is 9.06. The van der Waals surface area contributed by atoms with E-state index in [2.05, 4.69) is 24.1 Å². The average Bonchev–Trinajstić information content (AvgIpc) is 2.74. The monoisotopic (exact) mass is 208 g/mol. The van der Waals surface area contributed by atoms with E-state index in [1.807, 2.05) is 12.1 Å². The summed E-state index contributed by atoms with van der Waals surface area (Å²) in [5.74, 6) is 0.937. The number of furan rings is 1. The van der Waals surface area contributed by atoms with Gasteiger partial charge in [-0.3, -0.25) is 9.69 Å². The van der Waals surface area contributed by atoms with Crippen LogP contribution in [0.2, 0.25) is 0 Å². The third-order valence-electron chi connectivity index (χ3n) is 2.94. The molecule has 0 unspecified atom stereocenters. The molecule has 15 heavy (non-hydrogen) atoms. The van der Waals surface area contributed by atoms with Crippen LogP contribution < -0.4 is 5.32 Å². The molecule has 1 amide bonds. The number of carbonyl (C=O) groups is 1. The zero-order chi connectivity index (χ0) is 10.8. The number of nitrogens with one attached hydrogen (secondary N) is 1. The van der Waals surface area contributed by atoms with Crippen LogP contribution in [0.25, 0.3) is 0 Å². The Morgan fingerprint density at radius 3 is 2.67 bits per heavy atom. The highest BCUT2D eigenvalue weighted by atomic mass is 16.3. The molecule has 1 fully saturated rings. The second kappa shape index (κ2) is 4.06. The Kier molecular flexibility index (Phi) is 2.77. The summed E-state index contributed by atoms with van der Waals surface area (Å²) in [6.07, 6.45) is 1.64. The number of carbonyl (C=O) groups excluding carboxylic acids is 1. The van der Waals surface area contributed by atoms with E-state index in [0.29, 0.717) is 0 Å². The number of likely N-dealkylation sites (N-methyl/N-ethyl adjacent to an activating group) is 1. The first-order valence-corrected chi connectivity index (χ1v) is 5.35. The third-order valence-corrected chi connectivity index (χ3v) is 2.94. The van der Waals surface area contributed by atoms with Gasteiger partial charge >= 0.3 is 0 Å². The maximum atomic E-state index is 11.5. The summed E-state index contributed by atoms with van der Waals surface area (Å²) in [4.78, 5) is 13.6. The van der Waals surface area contributed by atoms with Crippen molar-refractivity contribution in [3.05, 3.63) is 24.2 Å². The fourth-order valence-electron chi connectivity index (χ4n) is 2.06. The van der Waals surface area contributed by atoms with Crippen molar-refractivity contribution in [3.8, 4) is 0 Å². The lowest BCUT2D eigenvalue weighted by Gasteiger charge is -2.41. The summed E-state index contributed by atoms with van der Waals surface area (Å²) in [5, 5.41) is 2.87. The number of β-lactam (4-membered cyclic amide) rings is 1. The van der Waals surface area contributed by atoms with E-state index in [9.17, 15) is 4.79 Å². The molecule has 2 rings (SSSR count). The molecule has 1 aromatic heterocycles. The summed E-state index contributed by atoms with van der Waals surface area (Å²) in [6, 6.07) is 3.71. The van der Waals surface area contributed by atoms with Crippen molar-refractivity contribution in [1.82, 2.24) is 10.2 Å². The summed E-state index contributed by atoms with van der Waals surface area (Å²) in [6.45, 7) is 5.89. The van der Waals surface area contributed by atoms with Crippen molar-refractivity contribution < 1.29 is 9.21 Å². The maximum Gasteiger partial charge on any atom is 0.240 e. The molecule has 1 N–H and O–H groups in total. The van der Waals surface area contributed by atoms with Gasteiger partial charge in [0.1, 0.15) is 17.8 Å². The van der Waals surface area contributed by atoms with Crippen molar-refractivity contribution in [2.24, 2.45) is 0 Å². The molecule has 0 radical (unpaired) electrons. The minimum absolute atomic E-state index is 0.0207. The predicted octanol–water partition coefficient (Wildman–Crippen LogP) is 1.16. The van der Waals surface area contributed by atoms with Gasteiger partial charge < -0.3 is 9.73 Å². The van der Waals surface area contributed by atoms with Gasteiger partial charge in [-0.05, 0) is 25.2 Å². The van der Waals surface area contributed by atoms with Gasteiger partial charge in [-0.15, -0.1) is 0 Å². The molecule has 1 aliphatic heterocycles. The molecule has 0 saturated carbocycles. The Balaban J connectivity index is 2.12. The van der Waals surface area contributed by atoms with Crippen molar-refractivity contribution in [2.45, 2.75) is 25.9 Å². The van der Waals surface area contributed by atoms with Crippen LogP contribution in [0.1, 0.15) is 25.6 Å². The van der Waals surface area contributed by atoms with E-state index in [0.717, 1.165) is 18.8 Å². The van der Waals surface area contributed by atoms with E-state index in [-0.39, 0.29) is 18.0 Å². The Hall–Kier alpha value is -1.29. The zero-order valence-electron chi connectivity index (χ0n) is 9.06. The van der Waals surface area contributed by atoms with Crippen LogP contribution in [0.15, 0.2) is 22.8 Å². The highest BCUT2D eigenvalue weighted by molar-refractivity contribution is 5.89. The lowest BCUT2D eigenvalue weighted by molar-refractivity contribution is -0.138.